The monoisotopic (exact) mass is 313 g/mol. The molecule has 0 saturated heterocycles. The van der Waals surface area contributed by atoms with Gasteiger partial charge in [-0.05, 0) is 30.5 Å². The average molecular weight is 314 g/mol. The fourth-order valence-electron chi connectivity index (χ4n) is 1.57. The quantitative estimate of drug-likeness (QED) is 0.847. The number of hydrogen-bond donors (Lipinski definition) is 1. The fourth-order valence-corrected chi connectivity index (χ4v) is 1.70. The highest BCUT2D eigenvalue weighted by molar-refractivity contribution is 9.10. The van der Waals surface area contributed by atoms with Crippen LogP contribution in [0.5, 0.6) is 5.75 Å². The Hall–Kier alpha value is -1.03. The summed E-state index contributed by atoms with van der Waals surface area (Å²) in [4.78, 5) is 11.8. The summed E-state index contributed by atoms with van der Waals surface area (Å²) in [5.74, 6) is 1.11. The molecular weight excluding hydrogens is 294 g/mol. The second-order valence-electron chi connectivity index (χ2n) is 4.65. The van der Waals surface area contributed by atoms with Crippen molar-refractivity contribution in [2.75, 3.05) is 7.11 Å². The molecule has 0 spiro atoms. The zero-order valence-corrected chi connectivity index (χ0v) is 12.8. The summed E-state index contributed by atoms with van der Waals surface area (Å²) in [7, 11) is 1.64. The predicted molar refractivity (Wildman–Crippen MR) is 77.1 cm³/mol. The lowest BCUT2D eigenvalue weighted by Gasteiger charge is -2.19. The van der Waals surface area contributed by atoms with E-state index in [2.05, 4.69) is 21.2 Å². The Bertz CT molecular complexity index is 389. The van der Waals surface area contributed by atoms with Crippen molar-refractivity contribution in [2.45, 2.75) is 31.6 Å². The SMILES string of the molecule is COc1ccc(C(C)NC(=O)C(Br)C(C)C)cc1. The van der Waals surface area contributed by atoms with Crippen LogP contribution < -0.4 is 10.1 Å². The average Bonchev–Trinajstić information content (AvgIpc) is 2.37. The molecule has 0 radical (unpaired) electrons. The normalized spacial score (nSPS) is 14.1. The number of nitrogens with one attached hydrogen (secondary N) is 1. The molecular formula is C14H20BrNO2. The van der Waals surface area contributed by atoms with Crippen molar-refractivity contribution in [2.24, 2.45) is 5.92 Å². The van der Waals surface area contributed by atoms with Gasteiger partial charge in [-0.25, -0.2) is 0 Å². The van der Waals surface area contributed by atoms with Gasteiger partial charge in [0.05, 0.1) is 18.0 Å². The van der Waals surface area contributed by atoms with Crippen LogP contribution in [0.15, 0.2) is 24.3 Å². The standard InChI is InChI=1S/C14H20BrNO2/c1-9(2)13(15)14(17)16-10(3)11-5-7-12(18-4)8-6-11/h5-10,13H,1-4H3,(H,16,17). The number of amides is 1. The number of carbonyl (C=O) groups is 1. The van der Waals surface area contributed by atoms with E-state index in [1.807, 2.05) is 45.0 Å². The first-order chi connectivity index (χ1) is 8.45. The highest BCUT2D eigenvalue weighted by Gasteiger charge is 2.20. The van der Waals surface area contributed by atoms with Crippen molar-refractivity contribution >= 4 is 21.8 Å². The number of hydrogen-bond acceptors (Lipinski definition) is 2. The molecule has 100 valence electrons. The number of benzene rings is 1. The first-order valence-corrected chi connectivity index (χ1v) is 6.95. The van der Waals surface area contributed by atoms with E-state index >= 15 is 0 Å². The van der Waals surface area contributed by atoms with Gasteiger partial charge in [0.1, 0.15) is 5.75 Å². The number of alkyl halides is 1. The molecule has 18 heavy (non-hydrogen) atoms. The molecule has 2 unspecified atom stereocenters. The van der Waals surface area contributed by atoms with Gasteiger partial charge in [-0.15, -0.1) is 0 Å². The molecule has 0 saturated carbocycles. The number of carbonyl (C=O) groups excluding carboxylic acids is 1. The summed E-state index contributed by atoms with van der Waals surface area (Å²) in [6, 6.07) is 7.70. The summed E-state index contributed by atoms with van der Waals surface area (Å²) in [6.45, 7) is 5.99. The van der Waals surface area contributed by atoms with Crippen LogP contribution in [-0.2, 0) is 4.79 Å². The molecule has 0 aromatic heterocycles. The second-order valence-corrected chi connectivity index (χ2v) is 5.64. The van der Waals surface area contributed by atoms with Gasteiger partial charge in [-0.3, -0.25) is 4.79 Å². The molecule has 4 heteroatoms. The Morgan fingerprint density at radius 3 is 2.22 bits per heavy atom. The number of ether oxygens (including phenoxy) is 1. The van der Waals surface area contributed by atoms with Crippen molar-refractivity contribution in [3.63, 3.8) is 0 Å². The zero-order valence-electron chi connectivity index (χ0n) is 11.2. The maximum absolute atomic E-state index is 11.9. The Labute approximate surface area is 117 Å². The minimum atomic E-state index is -0.154. The van der Waals surface area contributed by atoms with Crippen molar-refractivity contribution in [3.8, 4) is 5.75 Å². The minimum Gasteiger partial charge on any atom is -0.497 e. The third-order valence-electron chi connectivity index (χ3n) is 2.81. The van der Waals surface area contributed by atoms with E-state index in [1.54, 1.807) is 7.11 Å². The van der Waals surface area contributed by atoms with Gasteiger partial charge in [0.25, 0.3) is 0 Å². The summed E-state index contributed by atoms with van der Waals surface area (Å²) in [5.41, 5.74) is 1.06. The summed E-state index contributed by atoms with van der Waals surface area (Å²) < 4.78 is 5.10. The molecule has 0 heterocycles. The molecule has 1 N–H and O–H groups in total. The lowest BCUT2D eigenvalue weighted by atomic mass is 10.1. The molecule has 0 fully saturated rings. The number of rotatable bonds is 5. The molecule has 3 nitrogen and oxygen atoms in total. The van der Waals surface area contributed by atoms with E-state index in [4.69, 9.17) is 4.74 Å². The van der Waals surface area contributed by atoms with Gasteiger partial charge in [-0.2, -0.15) is 0 Å². The van der Waals surface area contributed by atoms with E-state index in [0.29, 0.717) is 0 Å². The van der Waals surface area contributed by atoms with E-state index in [9.17, 15) is 4.79 Å². The molecule has 0 aliphatic heterocycles. The van der Waals surface area contributed by atoms with Gasteiger partial charge in [0.2, 0.25) is 5.91 Å². The molecule has 1 aromatic carbocycles. The van der Waals surface area contributed by atoms with Gasteiger partial charge >= 0.3 is 0 Å². The number of methoxy groups -OCH3 is 1. The van der Waals surface area contributed by atoms with Crippen molar-refractivity contribution in [1.29, 1.82) is 0 Å². The van der Waals surface area contributed by atoms with Crippen LogP contribution in [-0.4, -0.2) is 17.8 Å². The lowest BCUT2D eigenvalue weighted by molar-refractivity contribution is -0.121. The van der Waals surface area contributed by atoms with Crippen LogP contribution >= 0.6 is 15.9 Å². The first kappa shape index (κ1) is 15.0. The third kappa shape index (κ3) is 4.02. The van der Waals surface area contributed by atoms with E-state index in [1.165, 1.54) is 0 Å². The Morgan fingerprint density at radius 2 is 1.78 bits per heavy atom. The lowest BCUT2D eigenvalue weighted by Crippen LogP contribution is -2.35. The van der Waals surface area contributed by atoms with Gasteiger partial charge in [-0.1, -0.05) is 41.9 Å². The molecule has 2 atom stereocenters. The Kier molecular flexibility index (Phi) is 5.66. The van der Waals surface area contributed by atoms with Crippen molar-refractivity contribution in [1.82, 2.24) is 5.32 Å². The maximum atomic E-state index is 11.9. The first-order valence-electron chi connectivity index (χ1n) is 6.04. The van der Waals surface area contributed by atoms with Crippen LogP contribution in [0.1, 0.15) is 32.4 Å². The molecule has 1 aromatic rings. The van der Waals surface area contributed by atoms with Gasteiger partial charge in [0.15, 0.2) is 0 Å². The Morgan fingerprint density at radius 1 is 1.22 bits per heavy atom. The minimum absolute atomic E-state index is 0.0118. The zero-order chi connectivity index (χ0) is 13.7. The topological polar surface area (TPSA) is 38.3 Å². The predicted octanol–water partition coefficient (Wildman–Crippen LogP) is 3.29. The fraction of sp³-hybridized carbons (Fsp3) is 0.500. The van der Waals surface area contributed by atoms with Crippen molar-refractivity contribution < 1.29 is 9.53 Å². The second kappa shape index (κ2) is 6.78. The van der Waals surface area contributed by atoms with Crippen LogP contribution in [0, 0.1) is 5.92 Å². The maximum Gasteiger partial charge on any atom is 0.234 e. The van der Waals surface area contributed by atoms with Crippen LogP contribution in [0.25, 0.3) is 0 Å². The molecule has 0 bridgehead atoms. The van der Waals surface area contributed by atoms with E-state index in [-0.39, 0.29) is 22.7 Å². The van der Waals surface area contributed by atoms with E-state index < -0.39 is 0 Å². The largest absolute Gasteiger partial charge is 0.497 e. The van der Waals surface area contributed by atoms with Gasteiger partial charge < -0.3 is 10.1 Å². The molecule has 0 aliphatic rings. The summed E-state index contributed by atoms with van der Waals surface area (Å²) in [5, 5.41) is 2.99. The van der Waals surface area contributed by atoms with E-state index in [0.717, 1.165) is 11.3 Å². The summed E-state index contributed by atoms with van der Waals surface area (Å²) >= 11 is 3.40. The smallest absolute Gasteiger partial charge is 0.234 e. The number of halogens is 1. The highest BCUT2D eigenvalue weighted by Crippen LogP contribution is 2.19. The third-order valence-corrected chi connectivity index (χ3v) is 4.28. The van der Waals surface area contributed by atoms with Crippen LogP contribution in [0.4, 0.5) is 0 Å². The highest BCUT2D eigenvalue weighted by atomic mass is 79.9. The Balaban J connectivity index is 2.64. The van der Waals surface area contributed by atoms with Crippen LogP contribution in [0.3, 0.4) is 0 Å². The summed E-state index contributed by atoms with van der Waals surface area (Å²) in [6.07, 6.45) is 0. The van der Waals surface area contributed by atoms with Gasteiger partial charge in [0, 0.05) is 0 Å². The van der Waals surface area contributed by atoms with Crippen molar-refractivity contribution in [3.05, 3.63) is 29.8 Å². The molecule has 0 aliphatic carbocycles. The molecule has 1 amide bonds. The van der Waals surface area contributed by atoms with Crippen LogP contribution in [0.2, 0.25) is 0 Å². The molecule has 1 rings (SSSR count).